The van der Waals surface area contributed by atoms with Gasteiger partial charge in [-0.1, -0.05) is 18.2 Å². The summed E-state index contributed by atoms with van der Waals surface area (Å²) in [5.41, 5.74) is 0.913. The van der Waals surface area contributed by atoms with Crippen LogP contribution >= 0.6 is 0 Å². The van der Waals surface area contributed by atoms with Crippen LogP contribution in [0.4, 0.5) is 5.95 Å². The molecule has 3 heterocycles. The van der Waals surface area contributed by atoms with Crippen molar-refractivity contribution in [1.82, 2.24) is 15.3 Å². The molecule has 0 unspecified atom stereocenters. The number of benzene rings is 1. The zero-order valence-corrected chi connectivity index (χ0v) is 16.6. The molecule has 0 amide bonds. The van der Waals surface area contributed by atoms with Gasteiger partial charge in [-0.25, -0.2) is 4.98 Å². The number of nitrogens with zero attached hydrogens (tertiary/aromatic N) is 3. The van der Waals surface area contributed by atoms with Gasteiger partial charge in [0.05, 0.1) is 17.0 Å². The van der Waals surface area contributed by atoms with Crippen molar-refractivity contribution in [2.75, 3.05) is 37.7 Å². The van der Waals surface area contributed by atoms with E-state index in [1.54, 1.807) is 0 Å². The minimum Gasteiger partial charge on any atom is -0.469 e. The van der Waals surface area contributed by atoms with Crippen LogP contribution in [-0.4, -0.2) is 61.3 Å². The van der Waals surface area contributed by atoms with Gasteiger partial charge in [0, 0.05) is 39.2 Å². The molecule has 0 saturated carbocycles. The number of rotatable bonds is 5. The van der Waals surface area contributed by atoms with E-state index in [4.69, 9.17) is 24.2 Å². The molecule has 29 heavy (non-hydrogen) atoms. The maximum Gasteiger partial charge on any atom is 0.229 e. The number of fused-ring (bicyclic) bond motifs is 1. The summed E-state index contributed by atoms with van der Waals surface area (Å²) < 4.78 is 18.1. The molecule has 154 valence electrons. The Bertz CT molecular complexity index is 862. The molecule has 7 heteroatoms. The largest absolute Gasteiger partial charge is 0.469 e. The number of anilines is 1. The molecule has 1 aromatic heterocycles. The summed E-state index contributed by atoms with van der Waals surface area (Å²) in [5.74, 6) is 1.39. The number of aromatic nitrogens is 2. The number of hydrogen-bond donors (Lipinski definition) is 1. The van der Waals surface area contributed by atoms with E-state index in [0.29, 0.717) is 5.88 Å². The van der Waals surface area contributed by atoms with E-state index in [0.717, 1.165) is 68.9 Å². The zero-order valence-electron chi connectivity index (χ0n) is 16.6. The van der Waals surface area contributed by atoms with E-state index in [2.05, 4.69) is 22.4 Å². The second kappa shape index (κ2) is 8.65. The first-order valence-electron chi connectivity index (χ1n) is 10.7. The van der Waals surface area contributed by atoms with Crippen molar-refractivity contribution in [3.63, 3.8) is 0 Å². The quantitative estimate of drug-likeness (QED) is 0.779. The molecule has 1 N–H and O–H groups in total. The van der Waals surface area contributed by atoms with Gasteiger partial charge < -0.3 is 24.4 Å². The molecule has 1 aliphatic carbocycles. The molecule has 7 nitrogen and oxygen atoms in total. The fourth-order valence-electron chi connectivity index (χ4n) is 4.11. The summed E-state index contributed by atoms with van der Waals surface area (Å²) in [5, 5.41) is 4.32. The molecule has 2 fully saturated rings. The van der Waals surface area contributed by atoms with Crippen LogP contribution in [0.5, 0.6) is 5.88 Å². The molecule has 1 aromatic carbocycles. The molecule has 3 atom stereocenters. The Morgan fingerprint density at radius 2 is 1.90 bits per heavy atom. The lowest BCUT2D eigenvalue weighted by Crippen LogP contribution is -2.44. The summed E-state index contributed by atoms with van der Waals surface area (Å²) in [7, 11) is 0. The molecule has 0 spiro atoms. The fraction of sp³-hybridized carbons (Fsp3) is 0.545. The van der Waals surface area contributed by atoms with Crippen LogP contribution in [0.15, 0.2) is 36.4 Å². The van der Waals surface area contributed by atoms with E-state index in [-0.39, 0.29) is 18.5 Å². The number of piperazine rings is 1. The third-order valence-electron chi connectivity index (χ3n) is 5.69. The van der Waals surface area contributed by atoms with Crippen molar-refractivity contribution in [3.05, 3.63) is 36.4 Å². The van der Waals surface area contributed by atoms with Gasteiger partial charge >= 0.3 is 0 Å². The van der Waals surface area contributed by atoms with Gasteiger partial charge in [0.2, 0.25) is 11.8 Å². The molecule has 3 aliphatic rings. The molecular weight excluding hydrogens is 368 g/mol. The third kappa shape index (κ3) is 4.37. The van der Waals surface area contributed by atoms with E-state index >= 15 is 0 Å². The first kappa shape index (κ1) is 18.8. The van der Waals surface area contributed by atoms with Crippen LogP contribution < -0.4 is 15.0 Å². The van der Waals surface area contributed by atoms with Gasteiger partial charge in [-0.05, 0) is 37.5 Å². The van der Waals surface area contributed by atoms with Gasteiger partial charge in [-0.15, -0.1) is 0 Å². The highest BCUT2D eigenvalue weighted by Gasteiger charge is 2.26. The molecular formula is C22H28N4O3. The molecule has 2 aromatic rings. The number of hydrogen-bond acceptors (Lipinski definition) is 7. The summed E-state index contributed by atoms with van der Waals surface area (Å²) in [6, 6.07) is 8.05. The highest BCUT2D eigenvalue weighted by atomic mass is 16.7. The normalized spacial score (nSPS) is 27.4. The highest BCUT2D eigenvalue weighted by molar-refractivity contribution is 5.84. The Kier molecular flexibility index (Phi) is 5.60. The van der Waals surface area contributed by atoms with Crippen molar-refractivity contribution in [2.45, 2.75) is 44.2 Å². The average molecular weight is 396 g/mol. The predicted molar refractivity (Wildman–Crippen MR) is 111 cm³/mol. The molecule has 0 bridgehead atoms. The number of para-hydroxylation sites is 1. The van der Waals surface area contributed by atoms with Crippen molar-refractivity contribution >= 4 is 16.9 Å². The van der Waals surface area contributed by atoms with Crippen molar-refractivity contribution in [1.29, 1.82) is 0 Å². The van der Waals surface area contributed by atoms with E-state index in [1.807, 2.05) is 24.3 Å². The topological polar surface area (TPSA) is 68.7 Å². The predicted octanol–water partition coefficient (Wildman–Crippen LogP) is 2.66. The van der Waals surface area contributed by atoms with Gasteiger partial charge in [0.15, 0.2) is 6.29 Å². The molecule has 5 rings (SSSR count). The van der Waals surface area contributed by atoms with Gasteiger partial charge in [-0.2, -0.15) is 4.98 Å². The first-order chi connectivity index (χ1) is 14.3. The third-order valence-corrected chi connectivity index (χ3v) is 5.69. The lowest BCUT2D eigenvalue weighted by Gasteiger charge is -2.28. The smallest absolute Gasteiger partial charge is 0.229 e. The number of ether oxygens (including phenoxy) is 3. The zero-order chi connectivity index (χ0) is 19.5. The van der Waals surface area contributed by atoms with Crippen LogP contribution in [0.1, 0.15) is 25.7 Å². The standard InChI is InChI=1S/C22H28N4O3/c1-2-6-19-18(5-1)21(25-22(24-19)26-12-10-23-11-13-26)29-17-9-8-16(15-17)28-20-7-3-4-14-27-20/h1-2,5-6,8-9,16-17,20,23H,3-4,7,10-15H2/t16-,17+,20+/m1/s1. The summed E-state index contributed by atoms with van der Waals surface area (Å²) in [4.78, 5) is 11.8. The van der Waals surface area contributed by atoms with Crippen molar-refractivity contribution < 1.29 is 14.2 Å². The van der Waals surface area contributed by atoms with Crippen LogP contribution in [0, 0.1) is 0 Å². The molecule has 2 aliphatic heterocycles. The molecule has 2 saturated heterocycles. The highest BCUT2D eigenvalue weighted by Crippen LogP contribution is 2.29. The van der Waals surface area contributed by atoms with Gasteiger partial charge in [-0.3, -0.25) is 0 Å². The summed E-state index contributed by atoms with van der Waals surface area (Å²) >= 11 is 0. The Labute approximate surface area is 171 Å². The monoisotopic (exact) mass is 396 g/mol. The first-order valence-corrected chi connectivity index (χ1v) is 10.7. The Hall–Kier alpha value is -2.22. The maximum absolute atomic E-state index is 6.34. The Morgan fingerprint density at radius 1 is 1.03 bits per heavy atom. The van der Waals surface area contributed by atoms with E-state index < -0.39 is 0 Å². The van der Waals surface area contributed by atoms with Crippen LogP contribution in [0.3, 0.4) is 0 Å². The lowest BCUT2D eigenvalue weighted by atomic mass is 10.2. The fourth-order valence-corrected chi connectivity index (χ4v) is 4.11. The van der Waals surface area contributed by atoms with Gasteiger partial charge in [0.1, 0.15) is 6.10 Å². The second-order valence-corrected chi connectivity index (χ2v) is 7.83. The summed E-state index contributed by atoms with van der Waals surface area (Å²) in [6.45, 7) is 4.49. The average Bonchev–Trinajstić information content (AvgIpc) is 3.21. The summed E-state index contributed by atoms with van der Waals surface area (Å²) in [6.07, 6.45) is 8.10. The SMILES string of the molecule is C1=C[C@H](Oc2nc(N3CCNCC3)nc3ccccc23)C[C@@H]1O[C@H]1CCCCO1. The van der Waals surface area contributed by atoms with Gasteiger partial charge in [0.25, 0.3) is 0 Å². The number of nitrogens with one attached hydrogen (secondary N) is 1. The minimum absolute atomic E-state index is 0.0313. The Morgan fingerprint density at radius 3 is 2.76 bits per heavy atom. The van der Waals surface area contributed by atoms with Crippen LogP contribution in [0.25, 0.3) is 10.9 Å². The Balaban J connectivity index is 1.31. The van der Waals surface area contributed by atoms with Crippen molar-refractivity contribution in [3.8, 4) is 5.88 Å². The van der Waals surface area contributed by atoms with E-state index in [9.17, 15) is 0 Å². The maximum atomic E-state index is 6.34. The minimum atomic E-state index is -0.0867. The lowest BCUT2D eigenvalue weighted by molar-refractivity contribution is -0.179. The second-order valence-electron chi connectivity index (χ2n) is 7.83. The van der Waals surface area contributed by atoms with E-state index in [1.165, 1.54) is 6.42 Å². The van der Waals surface area contributed by atoms with Crippen LogP contribution in [0.2, 0.25) is 0 Å². The van der Waals surface area contributed by atoms with Crippen molar-refractivity contribution in [2.24, 2.45) is 0 Å². The van der Waals surface area contributed by atoms with Crippen LogP contribution in [-0.2, 0) is 9.47 Å². The molecule has 0 radical (unpaired) electrons.